The number of amides is 1. The van der Waals surface area contributed by atoms with Crippen LogP contribution in [0.25, 0.3) is 11.0 Å². The average Bonchev–Trinajstić information content (AvgIpc) is 3.16. The van der Waals surface area contributed by atoms with Crippen LogP contribution in [-0.2, 0) is 11.3 Å². The van der Waals surface area contributed by atoms with Crippen molar-refractivity contribution in [1.82, 2.24) is 14.5 Å². The molecule has 1 atom stereocenters. The number of benzene rings is 2. The molecule has 0 saturated carbocycles. The van der Waals surface area contributed by atoms with Gasteiger partial charge in [0.1, 0.15) is 5.60 Å². The number of carbonyl (C=O) groups excluding carboxylic acids is 1. The Hall–Kier alpha value is -3.53. The fourth-order valence-corrected chi connectivity index (χ4v) is 4.26. The molecule has 0 N–H and O–H groups in total. The summed E-state index contributed by atoms with van der Waals surface area (Å²) in [4.78, 5) is 21.6. The van der Waals surface area contributed by atoms with E-state index in [4.69, 9.17) is 15.0 Å². The van der Waals surface area contributed by atoms with Gasteiger partial charge in [-0.1, -0.05) is 24.3 Å². The number of likely N-dealkylation sites (N-methyl/N-ethyl adjacent to an activating group) is 1. The topological polar surface area (TPSA) is 74.4 Å². The lowest BCUT2D eigenvalue weighted by Crippen LogP contribution is -2.50. The van der Waals surface area contributed by atoms with Crippen molar-refractivity contribution in [2.24, 2.45) is 0 Å². The Bertz CT molecular complexity index is 1170. The Balaban J connectivity index is 1.61. The number of anilines is 1. The maximum absolute atomic E-state index is 12.6. The minimum Gasteiger partial charge on any atom is -0.444 e. The first-order valence-corrected chi connectivity index (χ1v) is 11.4. The predicted octanol–water partition coefficient (Wildman–Crippen LogP) is 4.79. The molecule has 1 aliphatic rings. The van der Waals surface area contributed by atoms with Crippen molar-refractivity contribution in [3.63, 3.8) is 0 Å². The lowest BCUT2D eigenvalue weighted by molar-refractivity contribution is 0.0209. The minimum absolute atomic E-state index is 0.0526. The van der Waals surface area contributed by atoms with Crippen LogP contribution in [-0.4, -0.2) is 52.3 Å². The summed E-state index contributed by atoms with van der Waals surface area (Å²) < 4.78 is 7.82. The van der Waals surface area contributed by atoms with Crippen molar-refractivity contribution in [2.45, 2.75) is 51.8 Å². The molecule has 4 rings (SSSR count). The molecule has 2 heterocycles. The highest BCUT2D eigenvalue weighted by Gasteiger charge is 2.31. The molecule has 3 aromatic rings. The Morgan fingerprint density at radius 2 is 1.94 bits per heavy atom. The van der Waals surface area contributed by atoms with E-state index in [1.807, 2.05) is 70.3 Å². The predicted molar refractivity (Wildman–Crippen MR) is 129 cm³/mol. The van der Waals surface area contributed by atoms with Crippen LogP contribution in [0, 0.1) is 11.3 Å². The smallest absolute Gasteiger partial charge is 0.410 e. The van der Waals surface area contributed by atoms with E-state index < -0.39 is 5.60 Å². The van der Waals surface area contributed by atoms with Gasteiger partial charge >= 0.3 is 6.09 Å². The van der Waals surface area contributed by atoms with Crippen molar-refractivity contribution >= 4 is 23.1 Å². The largest absolute Gasteiger partial charge is 0.444 e. The molecule has 7 heteroatoms. The quantitative estimate of drug-likeness (QED) is 0.577. The number of nitrogens with zero attached hydrogens (tertiary/aromatic N) is 5. The maximum atomic E-state index is 12.6. The zero-order valence-electron chi connectivity index (χ0n) is 19.8. The highest BCUT2D eigenvalue weighted by atomic mass is 16.6. The third-order valence-corrected chi connectivity index (χ3v) is 5.97. The van der Waals surface area contributed by atoms with E-state index in [1.165, 1.54) is 0 Å². The minimum atomic E-state index is -0.519. The fraction of sp³-hybridized carbons (Fsp3) is 0.423. The second-order valence-electron chi connectivity index (χ2n) is 9.63. The molecule has 33 heavy (non-hydrogen) atoms. The van der Waals surface area contributed by atoms with Crippen LogP contribution in [0.1, 0.15) is 44.7 Å². The van der Waals surface area contributed by atoms with E-state index in [9.17, 15) is 4.79 Å². The molecule has 2 aromatic carbocycles. The summed E-state index contributed by atoms with van der Waals surface area (Å²) in [6, 6.07) is 18.1. The van der Waals surface area contributed by atoms with Gasteiger partial charge in [0.15, 0.2) is 0 Å². The fourth-order valence-electron chi connectivity index (χ4n) is 4.26. The Morgan fingerprint density at radius 1 is 1.21 bits per heavy atom. The molecule has 172 valence electrons. The molecule has 1 aromatic heterocycles. The van der Waals surface area contributed by atoms with Crippen molar-refractivity contribution in [2.75, 3.05) is 25.0 Å². The molecule has 1 amide bonds. The van der Waals surface area contributed by atoms with Crippen LogP contribution in [0.2, 0.25) is 0 Å². The number of aromatic nitrogens is 2. The number of fused-ring (bicyclic) bond motifs is 1. The van der Waals surface area contributed by atoms with E-state index in [2.05, 4.69) is 21.6 Å². The lowest BCUT2D eigenvalue weighted by atomic mass is 10.1. The van der Waals surface area contributed by atoms with Crippen LogP contribution in [0.5, 0.6) is 0 Å². The summed E-state index contributed by atoms with van der Waals surface area (Å²) in [7, 11) is 1.82. The Morgan fingerprint density at radius 3 is 2.64 bits per heavy atom. The Kier molecular flexibility index (Phi) is 6.28. The van der Waals surface area contributed by atoms with E-state index in [-0.39, 0.29) is 12.1 Å². The molecule has 0 unspecified atom stereocenters. The number of para-hydroxylation sites is 2. The van der Waals surface area contributed by atoms with E-state index in [1.54, 1.807) is 4.90 Å². The van der Waals surface area contributed by atoms with Crippen LogP contribution in [0.4, 0.5) is 10.7 Å². The number of rotatable bonds is 4. The molecule has 1 aliphatic heterocycles. The number of hydrogen-bond acceptors (Lipinski definition) is 5. The van der Waals surface area contributed by atoms with E-state index >= 15 is 0 Å². The summed E-state index contributed by atoms with van der Waals surface area (Å²) in [5.74, 6) is 0.905. The summed E-state index contributed by atoms with van der Waals surface area (Å²) in [6.07, 6.45) is 1.61. The third kappa shape index (κ3) is 5.11. The van der Waals surface area contributed by atoms with Gasteiger partial charge in [-0.05, 0) is 63.4 Å². The standard InChI is InChI=1S/C26H31N5O2/c1-26(2,3)33-25(32)29(4)21-8-7-15-30(18-21)24-28-22-9-5-6-10-23(22)31(24)17-20-13-11-19(16-27)12-14-20/h5-6,9-14,21H,7-8,15,17-18H2,1-4H3/t21-/m0/s1. The second kappa shape index (κ2) is 9.14. The van der Waals surface area contributed by atoms with Gasteiger partial charge in [-0.2, -0.15) is 5.26 Å². The highest BCUT2D eigenvalue weighted by molar-refractivity contribution is 5.79. The van der Waals surface area contributed by atoms with Gasteiger partial charge in [-0.25, -0.2) is 9.78 Å². The van der Waals surface area contributed by atoms with Gasteiger partial charge in [-0.15, -0.1) is 0 Å². The van der Waals surface area contributed by atoms with Crippen LogP contribution < -0.4 is 4.90 Å². The van der Waals surface area contributed by atoms with Crippen molar-refractivity contribution < 1.29 is 9.53 Å². The molecular weight excluding hydrogens is 414 g/mol. The van der Waals surface area contributed by atoms with Crippen LogP contribution in [0.15, 0.2) is 48.5 Å². The number of carbonyl (C=O) groups is 1. The van der Waals surface area contributed by atoms with Crippen molar-refractivity contribution in [1.29, 1.82) is 5.26 Å². The van der Waals surface area contributed by atoms with E-state index in [0.29, 0.717) is 18.7 Å². The first-order valence-electron chi connectivity index (χ1n) is 11.4. The average molecular weight is 446 g/mol. The van der Waals surface area contributed by atoms with Gasteiger partial charge in [-0.3, -0.25) is 0 Å². The number of nitriles is 1. The monoisotopic (exact) mass is 445 g/mol. The van der Waals surface area contributed by atoms with Crippen LogP contribution in [0.3, 0.4) is 0 Å². The lowest BCUT2D eigenvalue weighted by Gasteiger charge is -2.38. The normalized spacial score (nSPS) is 16.5. The van der Waals surface area contributed by atoms with Gasteiger partial charge in [0.25, 0.3) is 0 Å². The molecule has 0 radical (unpaired) electrons. The van der Waals surface area contributed by atoms with Gasteiger partial charge in [0.05, 0.1) is 35.3 Å². The first kappa shape index (κ1) is 22.7. The molecule has 1 saturated heterocycles. The van der Waals surface area contributed by atoms with Gasteiger partial charge in [0, 0.05) is 20.1 Å². The first-order chi connectivity index (χ1) is 15.7. The molecule has 0 bridgehead atoms. The molecule has 7 nitrogen and oxygen atoms in total. The summed E-state index contributed by atoms with van der Waals surface area (Å²) in [5.41, 5.74) is 3.26. The van der Waals surface area contributed by atoms with Gasteiger partial charge < -0.3 is 19.1 Å². The second-order valence-corrected chi connectivity index (χ2v) is 9.63. The summed E-state index contributed by atoms with van der Waals surface area (Å²) in [5, 5.41) is 9.10. The third-order valence-electron chi connectivity index (χ3n) is 5.97. The van der Waals surface area contributed by atoms with E-state index in [0.717, 1.165) is 41.9 Å². The maximum Gasteiger partial charge on any atom is 0.410 e. The highest BCUT2D eigenvalue weighted by Crippen LogP contribution is 2.28. The number of ether oxygens (including phenoxy) is 1. The number of imidazole rings is 1. The summed E-state index contributed by atoms with van der Waals surface area (Å²) >= 11 is 0. The molecular formula is C26H31N5O2. The SMILES string of the molecule is CN(C(=O)OC(C)(C)C)[C@H]1CCCN(c2nc3ccccc3n2Cc2ccc(C#N)cc2)C1. The number of piperidine rings is 1. The van der Waals surface area contributed by atoms with Gasteiger partial charge in [0.2, 0.25) is 5.95 Å². The molecule has 1 fully saturated rings. The molecule has 0 aliphatic carbocycles. The van der Waals surface area contributed by atoms with Crippen LogP contribution >= 0.6 is 0 Å². The Labute approximate surface area is 195 Å². The zero-order chi connectivity index (χ0) is 23.6. The summed E-state index contributed by atoms with van der Waals surface area (Å²) in [6.45, 7) is 7.90. The molecule has 0 spiro atoms. The van der Waals surface area contributed by atoms with Crippen molar-refractivity contribution in [3.8, 4) is 6.07 Å². The number of hydrogen-bond donors (Lipinski definition) is 0. The van der Waals surface area contributed by atoms with Crippen molar-refractivity contribution in [3.05, 3.63) is 59.7 Å². The zero-order valence-corrected chi connectivity index (χ0v) is 19.8.